The molecule has 0 aliphatic rings. The number of benzene rings is 2. The molecule has 0 aliphatic heterocycles. The number of methoxy groups -OCH3 is 1. The van der Waals surface area contributed by atoms with Gasteiger partial charge in [-0.3, -0.25) is 0 Å². The molecule has 6 heteroatoms. The minimum Gasteiger partial charge on any atom is -0.466 e. The topological polar surface area (TPSA) is 78.9 Å². The standard InChI is InChI=1S/C10H14O4.C10H10.C8H8.C5H8O2/c1-7(2)9(11)13-5-6-14-10(12)8(3)4;1-3-9-7-5-6-8-10(9)4-2;1-2-8-6-4-3-5-7-8;1-4(2)5(6)7-3/h1,3,5-6H2,2,4H3;3-8H,1-2H2;2-7H,1H2;1H2,2-3H3. The lowest BCUT2D eigenvalue weighted by Gasteiger charge is -2.05. The van der Waals surface area contributed by atoms with Gasteiger partial charge in [0.25, 0.3) is 0 Å². The normalized spacial score (nSPS) is 8.62. The number of rotatable bonds is 9. The van der Waals surface area contributed by atoms with E-state index in [-0.39, 0.29) is 19.2 Å². The summed E-state index contributed by atoms with van der Waals surface area (Å²) in [5.74, 6) is -1.33. The van der Waals surface area contributed by atoms with Crippen molar-refractivity contribution in [1.29, 1.82) is 0 Å². The largest absolute Gasteiger partial charge is 0.466 e. The summed E-state index contributed by atoms with van der Waals surface area (Å²) >= 11 is 0. The quantitative estimate of drug-likeness (QED) is 0.146. The summed E-state index contributed by atoms with van der Waals surface area (Å²) in [5, 5.41) is 0. The fourth-order valence-corrected chi connectivity index (χ4v) is 2.16. The SMILES string of the molecule is C=C(C)C(=O)OC.C=C(C)C(=O)OCCOC(=O)C(=C)C.C=Cc1ccccc1.C=Cc1ccccc1C=C. The van der Waals surface area contributed by atoms with Crippen LogP contribution in [0.15, 0.2) is 111 Å². The first kappa shape index (κ1) is 36.4. The molecule has 0 atom stereocenters. The predicted octanol–water partition coefficient (Wildman–Crippen LogP) is 7.26. The third kappa shape index (κ3) is 19.1. The van der Waals surface area contributed by atoms with Gasteiger partial charge in [-0.2, -0.15) is 0 Å². The average molecular weight is 533 g/mol. The summed E-state index contributed by atoms with van der Waals surface area (Å²) in [6, 6.07) is 18.0. The lowest BCUT2D eigenvalue weighted by atomic mass is 10.1. The molecular weight excluding hydrogens is 492 g/mol. The molecule has 39 heavy (non-hydrogen) atoms. The fourth-order valence-electron chi connectivity index (χ4n) is 2.16. The maximum atomic E-state index is 10.8. The van der Waals surface area contributed by atoms with Crippen LogP contribution in [0.25, 0.3) is 18.2 Å². The maximum Gasteiger partial charge on any atom is 0.333 e. The van der Waals surface area contributed by atoms with Gasteiger partial charge in [0, 0.05) is 16.7 Å². The molecule has 0 saturated heterocycles. The van der Waals surface area contributed by atoms with Gasteiger partial charge >= 0.3 is 17.9 Å². The highest BCUT2D eigenvalue weighted by Gasteiger charge is 2.05. The Kier molecular flexibility index (Phi) is 21.0. The summed E-state index contributed by atoms with van der Waals surface area (Å²) in [6.45, 7) is 25.9. The third-order valence-electron chi connectivity index (χ3n) is 4.25. The van der Waals surface area contributed by atoms with Crippen molar-refractivity contribution in [1.82, 2.24) is 0 Å². The number of carbonyl (C=O) groups is 3. The lowest BCUT2D eigenvalue weighted by molar-refractivity contribution is -0.147. The van der Waals surface area contributed by atoms with Crippen LogP contribution in [0, 0.1) is 0 Å². The molecule has 0 amide bonds. The van der Waals surface area contributed by atoms with Crippen molar-refractivity contribution in [3.8, 4) is 0 Å². The van der Waals surface area contributed by atoms with Crippen LogP contribution in [0.4, 0.5) is 0 Å². The van der Waals surface area contributed by atoms with E-state index in [1.54, 1.807) is 20.8 Å². The second-order valence-electron chi connectivity index (χ2n) is 7.76. The summed E-state index contributed by atoms with van der Waals surface area (Å²) in [7, 11) is 1.33. The van der Waals surface area contributed by atoms with Crippen molar-refractivity contribution in [2.75, 3.05) is 20.3 Å². The minimum absolute atomic E-state index is 0.0325. The van der Waals surface area contributed by atoms with Gasteiger partial charge in [0.2, 0.25) is 0 Å². The van der Waals surface area contributed by atoms with Crippen LogP contribution in [0.5, 0.6) is 0 Å². The second-order valence-corrected chi connectivity index (χ2v) is 7.76. The van der Waals surface area contributed by atoms with E-state index in [1.165, 1.54) is 12.7 Å². The number of esters is 3. The van der Waals surface area contributed by atoms with E-state index >= 15 is 0 Å². The van der Waals surface area contributed by atoms with Crippen molar-refractivity contribution < 1.29 is 28.6 Å². The molecule has 0 unspecified atom stereocenters. The monoisotopic (exact) mass is 532 g/mol. The van der Waals surface area contributed by atoms with Crippen LogP contribution in [0.3, 0.4) is 0 Å². The number of hydrogen-bond donors (Lipinski definition) is 0. The zero-order valence-electron chi connectivity index (χ0n) is 23.5. The van der Waals surface area contributed by atoms with Crippen LogP contribution in [-0.4, -0.2) is 38.2 Å². The summed E-state index contributed by atoms with van der Waals surface area (Å²) < 4.78 is 13.6. The van der Waals surface area contributed by atoms with E-state index in [1.807, 2.05) is 72.8 Å². The zero-order chi connectivity index (χ0) is 30.2. The molecule has 0 N–H and O–H groups in total. The van der Waals surface area contributed by atoms with Gasteiger partial charge in [-0.1, -0.05) is 112 Å². The second kappa shape index (κ2) is 22.5. The molecular formula is C33H40O6. The van der Waals surface area contributed by atoms with Crippen molar-refractivity contribution in [3.05, 3.63) is 127 Å². The molecule has 0 spiro atoms. The van der Waals surface area contributed by atoms with Crippen LogP contribution in [-0.2, 0) is 28.6 Å². The highest BCUT2D eigenvalue weighted by atomic mass is 16.6. The van der Waals surface area contributed by atoms with Crippen molar-refractivity contribution in [2.45, 2.75) is 20.8 Å². The van der Waals surface area contributed by atoms with Crippen molar-refractivity contribution in [2.24, 2.45) is 0 Å². The Morgan fingerprint density at radius 1 is 0.615 bits per heavy atom. The summed E-state index contributed by atoms with van der Waals surface area (Å²) in [6.07, 6.45) is 5.49. The number of ether oxygens (including phenoxy) is 3. The van der Waals surface area contributed by atoms with E-state index in [0.717, 1.165) is 11.1 Å². The van der Waals surface area contributed by atoms with Crippen LogP contribution >= 0.6 is 0 Å². The molecule has 0 aromatic heterocycles. The van der Waals surface area contributed by atoms with Gasteiger partial charge in [0.15, 0.2) is 0 Å². The molecule has 2 aromatic carbocycles. The Hall–Kier alpha value is -4.71. The van der Waals surface area contributed by atoms with Crippen molar-refractivity contribution >= 4 is 36.1 Å². The summed E-state index contributed by atoms with van der Waals surface area (Å²) in [4.78, 5) is 31.9. The Morgan fingerprint density at radius 3 is 1.21 bits per heavy atom. The van der Waals surface area contributed by atoms with Gasteiger partial charge in [-0.15, -0.1) is 0 Å². The smallest absolute Gasteiger partial charge is 0.333 e. The molecule has 2 aromatic rings. The Bertz CT molecular complexity index is 1070. The van der Waals surface area contributed by atoms with Gasteiger partial charge in [-0.25, -0.2) is 14.4 Å². The van der Waals surface area contributed by atoms with Crippen LogP contribution in [0.2, 0.25) is 0 Å². The molecule has 0 saturated carbocycles. The molecule has 0 heterocycles. The van der Waals surface area contributed by atoms with E-state index in [0.29, 0.717) is 16.7 Å². The van der Waals surface area contributed by atoms with Gasteiger partial charge in [-0.05, 0) is 37.5 Å². The zero-order valence-corrected chi connectivity index (χ0v) is 23.5. The fraction of sp³-hybridized carbons (Fsp3) is 0.182. The van der Waals surface area contributed by atoms with Crippen LogP contribution in [0.1, 0.15) is 37.5 Å². The van der Waals surface area contributed by atoms with Gasteiger partial charge in [0.1, 0.15) is 13.2 Å². The number of carbonyl (C=O) groups excluding carboxylic acids is 3. The molecule has 208 valence electrons. The van der Waals surface area contributed by atoms with Crippen molar-refractivity contribution in [3.63, 3.8) is 0 Å². The summed E-state index contributed by atoms with van der Waals surface area (Å²) in [5.41, 5.74) is 4.51. The molecule has 0 fully saturated rings. The first-order valence-corrected chi connectivity index (χ1v) is 11.8. The highest BCUT2D eigenvalue weighted by Crippen LogP contribution is 2.10. The van der Waals surface area contributed by atoms with Gasteiger partial charge < -0.3 is 14.2 Å². The maximum absolute atomic E-state index is 10.8. The first-order valence-electron chi connectivity index (χ1n) is 11.8. The van der Waals surface area contributed by atoms with E-state index in [4.69, 9.17) is 0 Å². The molecule has 0 radical (unpaired) electrons. The number of hydrogen-bond acceptors (Lipinski definition) is 6. The predicted molar refractivity (Wildman–Crippen MR) is 162 cm³/mol. The lowest BCUT2D eigenvalue weighted by Crippen LogP contribution is -2.14. The van der Waals surface area contributed by atoms with Gasteiger partial charge in [0.05, 0.1) is 7.11 Å². The molecule has 0 bridgehead atoms. The van der Waals surface area contributed by atoms with E-state index in [9.17, 15) is 14.4 Å². The van der Waals surface area contributed by atoms with Crippen LogP contribution < -0.4 is 0 Å². The molecule has 2 rings (SSSR count). The Labute approximate surface area is 233 Å². The highest BCUT2D eigenvalue weighted by molar-refractivity contribution is 5.87. The van der Waals surface area contributed by atoms with E-state index in [2.05, 4.69) is 53.7 Å². The Morgan fingerprint density at radius 2 is 0.974 bits per heavy atom. The minimum atomic E-state index is -0.489. The van der Waals surface area contributed by atoms with E-state index < -0.39 is 11.9 Å². The Balaban J connectivity index is 0. The third-order valence-corrected chi connectivity index (χ3v) is 4.25. The molecule has 6 nitrogen and oxygen atoms in total. The first-order chi connectivity index (χ1) is 18.4. The average Bonchev–Trinajstić information content (AvgIpc) is 2.95. The molecule has 0 aliphatic carbocycles.